The summed E-state index contributed by atoms with van der Waals surface area (Å²) in [5.41, 5.74) is 4.67. The number of nitrogens with two attached hydrogens (primary N) is 1. The Morgan fingerprint density at radius 3 is 2.46 bits per heavy atom. The first kappa shape index (κ1) is 10.5. The lowest BCUT2D eigenvalue weighted by Gasteiger charge is -2.34. The highest BCUT2D eigenvalue weighted by Crippen LogP contribution is 2.28. The van der Waals surface area contributed by atoms with Gasteiger partial charge in [0.15, 0.2) is 0 Å². The van der Waals surface area contributed by atoms with E-state index in [-0.39, 0.29) is 0 Å². The van der Waals surface area contributed by atoms with Crippen molar-refractivity contribution in [3.8, 4) is 0 Å². The molecule has 1 aliphatic carbocycles. The Balaban J connectivity index is 2.56. The maximum absolute atomic E-state index is 11.1. The lowest BCUT2D eigenvalue weighted by Crippen LogP contribution is -2.54. The van der Waals surface area contributed by atoms with Crippen molar-refractivity contribution < 1.29 is 9.90 Å². The first-order chi connectivity index (χ1) is 6.21. The maximum atomic E-state index is 11.1. The highest BCUT2D eigenvalue weighted by Gasteiger charge is 2.38. The molecule has 0 aliphatic heterocycles. The average molecular weight is 186 g/mol. The standard InChI is InChI=1S/C9H18N2O2/c10-6-7-11-9(8(12)13)4-2-1-3-5-9/h11H,1-7,10H2,(H,12,13). The lowest BCUT2D eigenvalue weighted by atomic mass is 9.81. The average Bonchev–Trinajstić information content (AvgIpc) is 2.16. The van der Waals surface area contributed by atoms with Gasteiger partial charge in [-0.1, -0.05) is 19.3 Å². The second-order valence-corrected chi connectivity index (χ2v) is 3.66. The Morgan fingerprint density at radius 1 is 1.38 bits per heavy atom. The van der Waals surface area contributed by atoms with E-state index in [4.69, 9.17) is 10.8 Å². The monoisotopic (exact) mass is 186 g/mol. The minimum absolute atomic E-state index is 0.495. The van der Waals surface area contributed by atoms with Crippen LogP contribution in [0.2, 0.25) is 0 Å². The molecule has 0 unspecified atom stereocenters. The normalized spacial score (nSPS) is 21.3. The van der Waals surface area contributed by atoms with Crippen LogP contribution in [0.4, 0.5) is 0 Å². The van der Waals surface area contributed by atoms with E-state index in [1.165, 1.54) is 0 Å². The molecule has 0 aromatic carbocycles. The van der Waals surface area contributed by atoms with Crippen molar-refractivity contribution in [2.45, 2.75) is 37.6 Å². The van der Waals surface area contributed by atoms with Crippen molar-refractivity contribution in [2.75, 3.05) is 13.1 Å². The van der Waals surface area contributed by atoms with Crippen molar-refractivity contribution in [2.24, 2.45) is 5.73 Å². The van der Waals surface area contributed by atoms with Crippen molar-refractivity contribution in [3.63, 3.8) is 0 Å². The molecule has 0 saturated heterocycles. The molecule has 0 radical (unpaired) electrons. The molecule has 76 valence electrons. The second-order valence-electron chi connectivity index (χ2n) is 3.66. The number of aliphatic carboxylic acids is 1. The third-order valence-electron chi connectivity index (χ3n) is 2.72. The Kier molecular flexibility index (Phi) is 3.69. The van der Waals surface area contributed by atoms with Gasteiger partial charge in [0.05, 0.1) is 0 Å². The number of nitrogens with one attached hydrogen (secondary N) is 1. The van der Waals surface area contributed by atoms with Crippen LogP contribution >= 0.6 is 0 Å². The van der Waals surface area contributed by atoms with Gasteiger partial charge in [-0.05, 0) is 12.8 Å². The van der Waals surface area contributed by atoms with Crippen LogP contribution in [0.3, 0.4) is 0 Å². The van der Waals surface area contributed by atoms with Crippen LogP contribution in [0.1, 0.15) is 32.1 Å². The molecule has 0 aromatic heterocycles. The highest BCUT2D eigenvalue weighted by atomic mass is 16.4. The minimum atomic E-state index is -0.722. The highest BCUT2D eigenvalue weighted by molar-refractivity contribution is 5.78. The zero-order valence-corrected chi connectivity index (χ0v) is 7.88. The van der Waals surface area contributed by atoms with Crippen LogP contribution in [0.25, 0.3) is 0 Å². The largest absolute Gasteiger partial charge is 0.480 e. The van der Waals surface area contributed by atoms with Gasteiger partial charge in [-0.15, -0.1) is 0 Å². The Bertz CT molecular complexity index is 176. The number of hydrogen-bond donors (Lipinski definition) is 3. The van der Waals surface area contributed by atoms with E-state index in [1.807, 2.05) is 0 Å². The molecule has 1 fully saturated rings. The third kappa shape index (κ3) is 2.42. The third-order valence-corrected chi connectivity index (χ3v) is 2.72. The first-order valence-corrected chi connectivity index (χ1v) is 4.90. The van der Waals surface area contributed by atoms with E-state index in [0.29, 0.717) is 13.1 Å². The van der Waals surface area contributed by atoms with Crippen LogP contribution in [0, 0.1) is 0 Å². The Hall–Kier alpha value is -0.610. The van der Waals surface area contributed by atoms with Gasteiger partial charge in [-0.25, -0.2) is 0 Å². The molecule has 1 saturated carbocycles. The second kappa shape index (κ2) is 4.58. The molecule has 1 rings (SSSR count). The fraction of sp³-hybridized carbons (Fsp3) is 0.889. The van der Waals surface area contributed by atoms with Gasteiger partial charge in [0.1, 0.15) is 5.54 Å². The molecule has 0 bridgehead atoms. The van der Waals surface area contributed by atoms with Gasteiger partial charge < -0.3 is 16.2 Å². The van der Waals surface area contributed by atoms with Crippen molar-refractivity contribution in [3.05, 3.63) is 0 Å². The zero-order valence-electron chi connectivity index (χ0n) is 7.88. The summed E-state index contributed by atoms with van der Waals surface area (Å²) in [4.78, 5) is 11.1. The number of carbonyl (C=O) groups is 1. The van der Waals surface area contributed by atoms with E-state index in [0.717, 1.165) is 32.1 Å². The topological polar surface area (TPSA) is 75.3 Å². The van der Waals surface area contributed by atoms with Gasteiger partial charge in [-0.3, -0.25) is 4.79 Å². The van der Waals surface area contributed by atoms with Crippen LogP contribution < -0.4 is 11.1 Å². The summed E-state index contributed by atoms with van der Waals surface area (Å²) < 4.78 is 0. The summed E-state index contributed by atoms with van der Waals surface area (Å²) in [5.74, 6) is -0.722. The summed E-state index contributed by atoms with van der Waals surface area (Å²) in [6, 6.07) is 0. The number of carboxylic acid groups (broad SMARTS) is 1. The van der Waals surface area contributed by atoms with E-state index < -0.39 is 11.5 Å². The van der Waals surface area contributed by atoms with Crippen LogP contribution in [0.5, 0.6) is 0 Å². The molecule has 0 amide bonds. The van der Waals surface area contributed by atoms with E-state index >= 15 is 0 Å². The molecule has 1 aliphatic rings. The first-order valence-electron chi connectivity index (χ1n) is 4.90. The molecule has 4 N–H and O–H groups in total. The van der Waals surface area contributed by atoms with Crippen LogP contribution in [0.15, 0.2) is 0 Å². The molecule has 0 atom stereocenters. The summed E-state index contributed by atoms with van der Waals surface area (Å²) in [6.45, 7) is 1.08. The molecule has 4 heteroatoms. The van der Waals surface area contributed by atoms with Gasteiger partial charge in [-0.2, -0.15) is 0 Å². The van der Waals surface area contributed by atoms with Crippen molar-refractivity contribution >= 4 is 5.97 Å². The van der Waals surface area contributed by atoms with Crippen molar-refractivity contribution in [1.82, 2.24) is 5.32 Å². The van der Waals surface area contributed by atoms with E-state index in [9.17, 15) is 4.79 Å². The summed E-state index contributed by atoms with van der Waals surface area (Å²) in [6.07, 6.45) is 4.64. The molecule has 0 spiro atoms. The molecular weight excluding hydrogens is 168 g/mol. The van der Waals surface area contributed by atoms with E-state index in [2.05, 4.69) is 5.32 Å². The van der Waals surface area contributed by atoms with Gasteiger partial charge in [0.25, 0.3) is 0 Å². The number of carboxylic acids is 1. The van der Waals surface area contributed by atoms with Crippen molar-refractivity contribution in [1.29, 1.82) is 0 Å². The minimum Gasteiger partial charge on any atom is -0.480 e. The Labute approximate surface area is 78.5 Å². The zero-order chi connectivity index (χ0) is 9.73. The summed E-state index contributed by atoms with van der Waals surface area (Å²) in [5, 5.41) is 12.2. The van der Waals surface area contributed by atoms with Gasteiger partial charge in [0.2, 0.25) is 0 Å². The quantitative estimate of drug-likeness (QED) is 0.591. The van der Waals surface area contributed by atoms with E-state index in [1.54, 1.807) is 0 Å². The summed E-state index contributed by atoms with van der Waals surface area (Å²) >= 11 is 0. The predicted molar refractivity (Wildman–Crippen MR) is 50.5 cm³/mol. The molecule has 0 heterocycles. The maximum Gasteiger partial charge on any atom is 0.323 e. The smallest absolute Gasteiger partial charge is 0.323 e. The van der Waals surface area contributed by atoms with Gasteiger partial charge in [0, 0.05) is 13.1 Å². The molecular formula is C9H18N2O2. The lowest BCUT2D eigenvalue weighted by molar-refractivity contribution is -0.146. The summed E-state index contributed by atoms with van der Waals surface area (Å²) in [7, 11) is 0. The van der Waals surface area contributed by atoms with Gasteiger partial charge >= 0.3 is 5.97 Å². The number of rotatable bonds is 4. The molecule has 4 nitrogen and oxygen atoms in total. The predicted octanol–water partition coefficient (Wildman–Crippen LogP) is 0.322. The fourth-order valence-corrected chi connectivity index (χ4v) is 1.93. The Morgan fingerprint density at radius 2 is 2.00 bits per heavy atom. The van der Waals surface area contributed by atoms with Crippen LogP contribution in [-0.2, 0) is 4.79 Å². The molecule has 0 aromatic rings. The van der Waals surface area contributed by atoms with Crippen LogP contribution in [-0.4, -0.2) is 29.7 Å². The SMILES string of the molecule is NCCNC1(C(=O)O)CCCCC1. The fourth-order valence-electron chi connectivity index (χ4n) is 1.93. The number of hydrogen-bond acceptors (Lipinski definition) is 3. The molecule has 13 heavy (non-hydrogen) atoms.